The van der Waals surface area contributed by atoms with Crippen LogP contribution in [0.3, 0.4) is 0 Å². The minimum absolute atomic E-state index is 0.606. The number of nitrogens with one attached hydrogen (secondary N) is 1. The van der Waals surface area contributed by atoms with Gasteiger partial charge in [0.05, 0.1) is 19.9 Å². The molecule has 0 saturated heterocycles. The van der Waals surface area contributed by atoms with E-state index >= 15 is 0 Å². The van der Waals surface area contributed by atoms with Gasteiger partial charge in [-0.25, -0.2) is 4.98 Å². The normalized spacial score (nSPS) is 10.5. The minimum atomic E-state index is 0.606. The Morgan fingerprint density at radius 1 is 1.41 bits per heavy atom. The van der Waals surface area contributed by atoms with Crippen LogP contribution in [-0.2, 0) is 13.1 Å². The largest absolute Gasteiger partial charge is 0.496 e. The molecule has 17 heavy (non-hydrogen) atoms. The number of halogens is 1. The fourth-order valence-corrected chi connectivity index (χ4v) is 1.77. The molecule has 0 spiro atoms. The quantitative estimate of drug-likeness (QED) is 0.889. The molecule has 90 valence electrons. The van der Waals surface area contributed by atoms with Crippen LogP contribution < -0.4 is 10.1 Å². The second-order valence-corrected chi connectivity index (χ2v) is 3.90. The Hall–Kier alpha value is -1.52. The molecule has 2 rings (SSSR count). The van der Waals surface area contributed by atoms with Crippen molar-refractivity contribution in [2.75, 3.05) is 7.11 Å². The van der Waals surface area contributed by atoms with Crippen LogP contribution in [0, 0.1) is 0 Å². The zero-order valence-corrected chi connectivity index (χ0v) is 10.2. The van der Waals surface area contributed by atoms with Crippen molar-refractivity contribution < 1.29 is 9.15 Å². The van der Waals surface area contributed by atoms with Gasteiger partial charge in [0.15, 0.2) is 6.39 Å². The molecule has 0 atom stereocenters. The molecule has 0 amide bonds. The van der Waals surface area contributed by atoms with Crippen molar-refractivity contribution in [1.29, 1.82) is 0 Å². The Balaban J connectivity index is 1.98. The predicted molar refractivity (Wildman–Crippen MR) is 65.1 cm³/mol. The van der Waals surface area contributed by atoms with E-state index in [4.69, 9.17) is 20.8 Å². The highest BCUT2D eigenvalue weighted by atomic mass is 35.5. The van der Waals surface area contributed by atoms with Crippen molar-refractivity contribution in [3.05, 3.63) is 47.1 Å². The Bertz CT molecular complexity index is 471. The van der Waals surface area contributed by atoms with Gasteiger partial charge >= 0.3 is 0 Å². The second kappa shape index (κ2) is 5.70. The predicted octanol–water partition coefficient (Wildman–Crippen LogP) is 2.63. The average Bonchev–Trinajstić information content (AvgIpc) is 2.84. The van der Waals surface area contributed by atoms with E-state index in [1.54, 1.807) is 13.3 Å². The van der Waals surface area contributed by atoms with Crippen molar-refractivity contribution in [1.82, 2.24) is 10.3 Å². The van der Waals surface area contributed by atoms with E-state index in [-0.39, 0.29) is 0 Å². The first-order valence-electron chi connectivity index (χ1n) is 5.20. The van der Waals surface area contributed by atoms with Crippen molar-refractivity contribution in [3.63, 3.8) is 0 Å². The number of aromatic nitrogens is 1. The molecule has 4 nitrogen and oxygen atoms in total. The van der Waals surface area contributed by atoms with Gasteiger partial charge in [0.25, 0.3) is 0 Å². The lowest BCUT2D eigenvalue weighted by atomic mass is 10.2. The van der Waals surface area contributed by atoms with Gasteiger partial charge in [-0.05, 0) is 12.1 Å². The van der Waals surface area contributed by atoms with E-state index in [0.717, 1.165) is 17.1 Å². The molecule has 0 bridgehead atoms. The molecule has 0 fully saturated rings. The van der Waals surface area contributed by atoms with Gasteiger partial charge in [0.2, 0.25) is 0 Å². The zero-order chi connectivity index (χ0) is 12.1. The van der Waals surface area contributed by atoms with Crippen molar-refractivity contribution in [3.8, 4) is 5.75 Å². The van der Waals surface area contributed by atoms with Crippen LogP contribution in [0.25, 0.3) is 0 Å². The van der Waals surface area contributed by atoms with Crippen LogP contribution >= 0.6 is 11.6 Å². The summed E-state index contributed by atoms with van der Waals surface area (Å²) in [6.07, 6.45) is 3.09. The van der Waals surface area contributed by atoms with Gasteiger partial charge in [-0.2, -0.15) is 0 Å². The van der Waals surface area contributed by atoms with Gasteiger partial charge < -0.3 is 14.5 Å². The minimum Gasteiger partial charge on any atom is -0.496 e. The summed E-state index contributed by atoms with van der Waals surface area (Å²) in [4.78, 5) is 3.84. The van der Waals surface area contributed by atoms with E-state index in [0.29, 0.717) is 18.1 Å². The molecule has 5 heteroatoms. The van der Waals surface area contributed by atoms with Gasteiger partial charge in [-0.3, -0.25) is 0 Å². The summed E-state index contributed by atoms with van der Waals surface area (Å²) >= 11 is 6.11. The number of hydrogen-bond donors (Lipinski definition) is 1. The van der Waals surface area contributed by atoms with E-state index in [1.807, 2.05) is 18.2 Å². The third kappa shape index (κ3) is 2.99. The number of rotatable bonds is 5. The highest BCUT2D eigenvalue weighted by molar-refractivity contribution is 6.31. The molecular formula is C12H13ClN2O2. The monoisotopic (exact) mass is 252 g/mol. The molecule has 0 radical (unpaired) electrons. The molecule has 0 aliphatic heterocycles. The fraction of sp³-hybridized carbons (Fsp3) is 0.250. The number of ether oxygens (including phenoxy) is 1. The highest BCUT2D eigenvalue weighted by Gasteiger charge is 2.07. The van der Waals surface area contributed by atoms with Crippen molar-refractivity contribution in [2.24, 2.45) is 0 Å². The number of nitrogens with zero attached hydrogens (tertiary/aromatic N) is 1. The average molecular weight is 253 g/mol. The smallest absolute Gasteiger partial charge is 0.180 e. The maximum atomic E-state index is 6.11. The third-order valence-corrected chi connectivity index (χ3v) is 2.73. The van der Waals surface area contributed by atoms with Crippen LogP contribution in [0.1, 0.15) is 11.3 Å². The number of oxazole rings is 1. The van der Waals surface area contributed by atoms with Gasteiger partial charge in [-0.1, -0.05) is 17.7 Å². The molecule has 0 saturated carbocycles. The summed E-state index contributed by atoms with van der Waals surface area (Å²) < 4.78 is 10.4. The van der Waals surface area contributed by atoms with Crippen LogP contribution in [0.2, 0.25) is 5.02 Å². The van der Waals surface area contributed by atoms with Gasteiger partial charge in [-0.15, -0.1) is 0 Å². The maximum absolute atomic E-state index is 6.11. The summed E-state index contributed by atoms with van der Waals surface area (Å²) in [6, 6.07) is 5.59. The molecule has 1 aromatic carbocycles. The van der Waals surface area contributed by atoms with E-state index in [2.05, 4.69) is 10.3 Å². The first kappa shape index (κ1) is 12.0. The van der Waals surface area contributed by atoms with Gasteiger partial charge in [0, 0.05) is 17.1 Å². The molecular weight excluding hydrogens is 240 g/mol. The van der Waals surface area contributed by atoms with E-state index < -0.39 is 0 Å². The number of benzene rings is 1. The summed E-state index contributed by atoms with van der Waals surface area (Å²) in [5, 5.41) is 3.91. The Labute approximate surface area is 105 Å². The molecule has 0 aliphatic carbocycles. The van der Waals surface area contributed by atoms with E-state index in [1.165, 1.54) is 6.39 Å². The van der Waals surface area contributed by atoms with Crippen molar-refractivity contribution in [2.45, 2.75) is 13.1 Å². The molecule has 0 unspecified atom stereocenters. The Morgan fingerprint density at radius 2 is 2.29 bits per heavy atom. The van der Waals surface area contributed by atoms with Crippen LogP contribution in [0.5, 0.6) is 5.75 Å². The Morgan fingerprint density at radius 3 is 3.00 bits per heavy atom. The van der Waals surface area contributed by atoms with Crippen LogP contribution in [0.4, 0.5) is 0 Å². The molecule has 1 heterocycles. The standard InChI is InChI=1S/C12H13ClN2O2/c1-16-12-4-2-3-11(13)10(12)7-14-5-9-6-15-8-17-9/h2-4,6,8,14H,5,7H2,1H3. The number of methoxy groups -OCH3 is 1. The third-order valence-electron chi connectivity index (χ3n) is 2.38. The zero-order valence-electron chi connectivity index (χ0n) is 9.44. The topological polar surface area (TPSA) is 47.3 Å². The summed E-state index contributed by atoms with van der Waals surface area (Å²) in [5.74, 6) is 1.57. The molecule has 1 N–H and O–H groups in total. The first-order chi connectivity index (χ1) is 8.31. The lowest BCUT2D eigenvalue weighted by molar-refractivity contribution is 0.406. The lowest BCUT2D eigenvalue weighted by Gasteiger charge is -2.10. The van der Waals surface area contributed by atoms with Gasteiger partial charge in [0.1, 0.15) is 11.5 Å². The first-order valence-corrected chi connectivity index (χ1v) is 5.58. The van der Waals surface area contributed by atoms with Crippen molar-refractivity contribution >= 4 is 11.6 Å². The molecule has 1 aromatic heterocycles. The maximum Gasteiger partial charge on any atom is 0.180 e. The molecule has 0 aliphatic rings. The summed E-state index contributed by atoms with van der Waals surface area (Å²) in [5.41, 5.74) is 0.941. The second-order valence-electron chi connectivity index (χ2n) is 3.49. The lowest BCUT2D eigenvalue weighted by Crippen LogP contribution is -2.13. The number of hydrogen-bond acceptors (Lipinski definition) is 4. The fourth-order valence-electron chi connectivity index (χ4n) is 1.54. The SMILES string of the molecule is COc1cccc(Cl)c1CNCc1cnco1. The van der Waals surface area contributed by atoms with Crippen LogP contribution in [-0.4, -0.2) is 12.1 Å². The highest BCUT2D eigenvalue weighted by Crippen LogP contribution is 2.25. The summed E-state index contributed by atoms with van der Waals surface area (Å²) in [7, 11) is 1.63. The van der Waals surface area contributed by atoms with Crippen LogP contribution in [0.15, 0.2) is 35.2 Å². The van der Waals surface area contributed by atoms with E-state index in [9.17, 15) is 0 Å². The summed E-state index contributed by atoms with van der Waals surface area (Å²) in [6.45, 7) is 1.22. The Kier molecular flexibility index (Phi) is 4.01. The molecule has 2 aromatic rings.